The largest absolute Gasteiger partial charge is 0.449 e. The first kappa shape index (κ1) is 87.0. The molecule has 624 valence electrons. The number of nitrogens with zero attached hydrogens (tertiary/aromatic N) is 6. The summed E-state index contributed by atoms with van der Waals surface area (Å²) in [5, 5.41) is 33.6. The molecule has 0 bridgehead atoms. The average molecular weight is 1680 g/mol. The SMILES string of the molecule is CNC(=O)OCC1c2ccccc2-c2ccccc21.CNC(=O)c1ccc(-n2nc(-c3ccc(C(=O)NCCCN)cc3)c3ccccc32)cc1.CNC(=O)c1ccc(-n2nc(-c3ccc(C(=O)NCCCNS(C)(=O)=O)cc3)c3ccccc32)cc1.CS(=O)(=O)NCCCNC(=O)c1ccc(-c2nn(-c3ccc(C(N)=O)cc3)c3ccccc23)cc1. The van der Waals surface area contributed by atoms with Crippen LogP contribution in [0.3, 0.4) is 0 Å². The second-order valence-electron chi connectivity index (χ2n) is 28.3. The summed E-state index contributed by atoms with van der Waals surface area (Å²) in [6.07, 6.45) is 3.53. The van der Waals surface area contributed by atoms with Crippen LogP contribution < -0.4 is 52.8 Å². The number of nitrogens with two attached hydrogens (primary N) is 2. The molecule has 1 aliphatic carbocycles. The van der Waals surface area contributed by atoms with Crippen LogP contribution in [0.4, 0.5) is 4.79 Å². The van der Waals surface area contributed by atoms with Crippen molar-refractivity contribution in [3.8, 4) is 62.0 Å². The van der Waals surface area contributed by atoms with Crippen LogP contribution >= 0.6 is 0 Å². The number of hydrogen-bond acceptors (Lipinski definition) is 16. The van der Waals surface area contributed by atoms with Crippen molar-refractivity contribution < 1.29 is 55.1 Å². The first-order chi connectivity index (χ1) is 58.9. The van der Waals surface area contributed by atoms with Gasteiger partial charge in [0, 0.05) is 126 Å². The van der Waals surface area contributed by atoms with Gasteiger partial charge in [-0.25, -0.2) is 45.1 Å². The number of amides is 7. The quantitative estimate of drug-likeness (QED) is 0.0214. The van der Waals surface area contributed by atoms with E-state index in [4.69, 9.17) is 31.5 Å². The highest BCUT2D eigenvalue weighted by Crippen LogP contribution is 2.45. The third-order valence-electron chi connectivity index (χ3n) is 19.8. The van der Waals surface area contributed by atoms with Crippen LogP contribution in [0.1, 0.15) is 98.5 Å². The Kier molecular flexibility index (Phi) is 28.8. The number of alkyl carbamates (subject to hydrolysis) is 1. The molecule has 0 atom stereocenters. The highest BCUT2D eigenvalue weighted by atomic mass is 32.2. The molecule has 0 radical (unpaired) electrons. The molecule has 1 aliphatic rings. The van der Waals surface area contributed by atoms with Crippen molar-refractivity contribution in [3.63, 3.8) is 0 Å². The van der Waals surface area contributed by atoms with E-state index in [2.05, 4.69) is 65.6 Å². The Morgan fingerprint density at radius 2 is 0.656 bits per heavy atom. The highest BCUT2D eigenvalue weighted by Gasteiger charge is 2.29. The summed E-state index contributed by atoms with van der Waals surface area (Å²) >= 11 is 0. The Bertz CT molecular complexity index is 6290. The molecule has 15 rings (SSSR count). The third kappa shape index (κ3) is 21.8. The zero-order valence-corrected chi connectivity index (χ0v) is 69.2. The van der Waals surface area contributed by atoms with E-state index >= 15 is 0 Å². The lowest BCUT2D eigenvalue weighted by molar-refractivity contribution is 0.0945. The zero-order chi connectivity index (χ0) is 86.5. The first-order valence-electron chi connectivity index (χ1n) is 39.2. The van der Waals surface area contributed by atoms with Crippen molar-refractivity contribution in [2.24, 2.45) is 11.5 Å². The van der Waals surface area contributed by atoms with Crippen molar-refractivity contribution in [3.05, 3.63) is 311 Å². The summed E-state index contributed by atoms with van der Waals surface area (Å²) in [5.74, 6) is -1.22. The van der Waals surface area contributed by atoms with E-state index in [-0.39, 0.29) is 54.6 Å². The summed E-state index contributed by atoms with van der Waals surface area (Å²) in [7, 11) is -1.69. The molecule has 3 heterocycles. The molecule has 28 nitrogen and oxygen atoms in total. The van der Waals surface area contributed by atoms with Crippen LogP contribution in [-0.2, 0) is 24.8 Å². The smallest absolute Gasteiger partial charge is 0.406 e. The number of aromatic nitrogens is 6. The summed E-state index contributed by atoms with van der Waals surface area (Å²) in [6, 6.07) is 83.5. The van der Waals surface area contributed by atoms with Crippen LogP contribution in [0.15, 0.2) is 267 Å². The Morgan fingerprint density at radius 3 is 0.967 bits per heavy atom. The number of rotatable bonds is 27. The summed E-state index contributed by atoms with van der Waals surface area (Å²) in [5.41, 5.74) is 29.2. The minimum absolute atomic E-state index is 0.114. The predicted octanol–water partition coefficient (Wildman–Crippen LogP) is 11.5. The normalized spacial score (nSPS) is 11.5. The molecule has 11 aromatic carbocycles. The van der Waals surface area contributed by atoms with Gasteiger partial charge in [-0.1, -0.05) is 140 Å². The number of primary amides is 1. The number of para-hydroxylation sites is 3. The van der Waals surface area contributed by atoms with Crippen molar-refractivity contribution in [1.29, 1.82) is 0 Å². The Balaban J connectivity index is 0.000000152. The van der Waals surface area contributed by atoms with Crippen molar-refractivity contribution in [1.82, 2.24) is 70.7 Å². The molecule has 0 spiro atoms. The monoisotopic (exact) mass is 1680 g/mol. The fourth-order valence-electron chi connectivity index (χ4n) is 13.7. The number of hydrogen-bond donors (Lipinski definition) is 10. The van der Waals surface area contributed by atoms with Gasteiger partial charge < -0.3 is 48.1 Å². The number of nitrogens with one attached hydrogen (secondary N) is 8. The average Bonchev–Trinajstić information content (AvgIpc) is 1.63. The molecule has 14 aromatic rings. The molecule has 30 heteroatoms. The third-order valence-corrected chi connectivity index (χ3v) is 21.3. The molecule has 0 aliphatic heterocycles. The van der Waals surface area contributed by atoms with Gasteiger partial charge in [0.25, 0.3) is 29.5 Å². The number of carbonyl (C=O) groups excluding carboxylic acids is 7. The maximum Gasteiger partial charge on any atom is 0.406 e. The maximum atomic E-state index is 12.5. The number of fused-ring (bicyclic) bond motifs is 6. The predicted molar refractivity (Wildman–Crippen MR) is 475 cm³/mol. The fourth-order valence-corrected chi connectivity index (χ4v) is 14.7. The number of benzene rings is 11. The van der Waals surface area contributed by atoms with E-state index in [0.717, 1.165) is 102 Å². The van der Waals surface area contributed by atoms with E-state index in [1.54, 1.807) is 111 Å². The fraction of sp³-hybridized carbons (Fsp3) is 0.174. The second-order valence-corrected chi connectivity index (χ2v) is 31.9. The lowest BCUT2D eigenvalue weighted by Gasteiger charge is -2.13. The van der Waals surface area contributed by atoms with Gasteiger partial charge in [-0.15, -0.1) is 0 Å². The molecular formula is C92H92N16O12S2. The number of ether oxygens (including phenoxy) is 1. The van der Waals surface area contributed by atoms with Crippen molar-refractivity contribution in [2.75, 3.05) is 79.5 Å². The minimum atomic E-state index is -3.23. The topological polar surface area (TPSA) is 399 Å². The van der Waals surface area contributed by atoms with Gasteiger partial charge in [0.15, 0.2) is 0 Å². The minimum Gasteiger partial charge on any atom is -0.449 e. The molecule has 7 amide bonds. The van der Waals surface area contributed by atoms with Crippen molar-refractivity contribution in [2.45, 2.75) is 25.2 Å². The maximum absolute atomic E-state index is 12.5. The van der Waals surface area contributed by atoms with Crippen LogP contribution in [-0.4, -0.2) is 167 Å². The molecule has 0 saturated carbocycles. The van der Waals surface area contributed by atoms with Gasteiger partial charge in [0.05, 0.1) is 46.1 Å². The van der Waals surface area contributed by atoms with Crippen LogP contribution in [0.25, 0.3) is 94.7 Å². The first-order valence-corrected chi connectivity index (χ1v) is 43.0. The summed E-state index contributed by atoms with van der Waals surface area (Å²) in [6.45, 7) is 2.72. The van der Waals surface area contributed by atoms with Gasteiger partial charge in [-0.2, -0.15) is 15.3 Å². The second kappa shape index (κ2) is 40.4. The zero-order valence-electron chi connectivity index (χ0n) is 67.6. The Labute approximate surface area is 705 Å². The molecule has 0 saturated heterocycles. The van der Waals surface area contributed by atoms with Gasteiger partial charge in [-0.3, -0.25) is 28.8 Å². The lowest BCUT2D eigenvalue weighted by atomic mass is 9.98. The molecule has 122 heavy (non-hydrogen) atoms. The standard InChI is InChI=1S/C26H27N5O4S.C25H25N5O4S.C25H25N5O2.C16H15NO2/c1-27-25(32)19-12-14-21(15-13-19)31-23-7-4-3-6-22(23)24(30-31)18-8-10-20(11-9-18)26(33)28-16-5-17-29-36(2,34)35;1-35(33,34)28-16-4-15-27-25(32)19-9-7-17(8-10-19)23-21-5-2-3-6-22(21)30(29-23)20-13-11-18(12-14-20)24(26)31;1-27-24(31)18-11-13-20(14-12-18)30-22-6-3-2-5-21(22)23(29-30)17-7-9-19(10-8-17)25(32)28-16-4-15-26;1-17-16(18)19-10-15-13-8-4-2-6-11(13)12-7-3-5-9-14(12)15/h3-4,6-15,29H,5,16-17H2,1-2H3,(H,27,32)(H,28,33);2-3,5-14,28H,4,15-16H2,1H3,(H2,26,31)(H,27,32);2-3,5-14H,4,15-16,26H2,1H3,(H,27,31)(H,28,32);2-9,15H,10H2,1H3,(H,17,18). The van der Waals surface area contributed by atoms with Gasteiger partial charge in [0.1, 0.15) is 23.7 Å². The van der Waals surface area contributed by atoms with Gasteiger partial charge in [-0.05, 0) is 175 Å². The van der Waals surface area contributed by atoms with E-state index in [9.17, 15) is 50.4 Å². The van der Waals surface area contributed by atoms with Crippen molar-refractivity contribution >= 4 is 94.3 Å². The van der Waals surface area contributed by atoms with Crippen LogP contribution in [0, 0.1) is 0 Å². The lowest BCUT2D eigenvalue weighted by Crippen LogP contribution is -2.29. The number of carbonyl (C=O) groups is 7. The Hall–Kier alpha value is -14.3. The molecular weight excluding hydrogens is 1590 g/mol. The van der Waals surface area contributed by atoms with E-state index in [1.807, 2.05) is 167 Å². The van der Waals surface area contributed by atoms with Gasteiger partial charge >= 0.3 is 6.09 Å². The Morgan fingerprint density at radius 1 is 0.361 bits per heavy atom. The van der Waals surface area contributed by atoms with E-state index in [0.29, 0.717) is 79.0 Å². The molecule has 0 unspecified atom stereocenters. The van der Waals surface area contributed by atoms with Crippen LogP contribution in [0.5, 0.6) is 0 Å². The molecule has 12 N–H and O–H groups in total. The van der Waals surface area contributed by atoms with E-state index in [1.165, 1.54) is 22.3 Å². The number of sulfonamides is 2. The highest BCUT2D eigenvalue weighted by molar-refractivity contribution is 7.89. The van der Waals surface area contributed by atoms with E-state index < -0.39 is 26.0 Å². The van der Waals surface area contributed by atoms with Crippen LogP contribution in [0.2, 0.25) is 0 Å². The summed E-state index contributed by atoms with van der Waals surface area (Å²) in [4.78, 5) is 83.5. The van der Waals surface area contributed by atoms with Gasteiger partial charge in [0.2, 0.25) is 26.0 Å². The molecule has 0 fully saturated rings. The molecule has 3 aromatic heterocycles. The summed E-state index contributed by atoms with van der Waals surface area (Å²) < 4.78 is 59.9.